The van der Waals surface area contributed by atoms with E-state index in [-0.39, 0.29) is 5.92 Å². The molecule has 3 nitrogen and oxygen atoms in total. The van der Waals surface area contributed by atoms with Crippen LogP contribution in [0.4, 0.5) is 0 Å². The van der Waals surface area contributed by atoms with E-state index in [0.717, 1.165) is 44.0 Å². The van der Waals surface area contributed by atoms with E-state index in [0.29, 0.717) is 6.54 Å². The number of hydrogen-bond donors (Lipinski definition) is 1. The van der Waals surface area contributed by atoms with E-state index in [1.807, 2.05) is 18.2 Å². The summed E-state index contributed by atoms with van der Waals surface area (Å²) < 4.78 is 11.5. The number of ether oxygens (including phenoxy) is 2. The van der Waals surface area contributed by atoms with Crippen molar-refractivity contribution in [3.63, 3.8) is 0 Å². The maximum absolute atomic E-state index is 6.05. The van der Waals surface area contributed by atoms with Crippen LogP contribution in [0, 0.1) is 0 Å². The molecule has 0 bridgehead atoms. The van der Waals surface area contributed by atoms with Gasteiger partial charge in [0, 0.05) is 5.92 Å². The standard InChI is InChI=1S/C21H29NO2/c1-3-11-23-20-9-5-7-17(14-20)13-19(16-22)18-8-6-10-21(15-18)24-12-4-2/h5-10,14-15,19H,3-4,11-13,16,22H2,1-2H3. The Morgan fingerprint density at radius 3 is 2.12 bits per heavy atom. The Hall–Kier alpha value is -2.00. The molecule has 0 saturated carbocycles. The van der Waals surface area contributed by atoms with Gasteiger partial charge in [0.2, 0.25) is 0 Å². The molecule has 2 rings (SSSR count). The lowest BCUT2D eigenvalue weighted by Crippen LogP contribution is -2.15. The van der Waals surface area contributed by atoms with Gasteiger partial charge in [0.1, 0.15) is 11.5 Å². The van der Waals surface area contributed by atoms with Crippen LogP contribution in [0.1, 0.15) is 43.7 Å². The summed E-state index contributed by atoms with van der Waals surface area (Å²) in [5.74, 6) is 2.13. The lowest BCUT2D eigenvalue weighted by molar-refractivity contribution is 0.316. The van der Waals surface area contributed by atoms with Gasteiger partial charge in [-0.3, -0.25) is 0 Å². The lowest BCUT2D eigenvalue weighted by Gasteiger charge is -2.17. The summed E-state index contributed by atoms with van der Waals surface area (Å²) in [4.78, 5) is 0. The highest BCUT2D eigenvalue weighted by molar-refractivity contribution is 5.34. The van der Waals surface area contributed by atoms with Crippen LogP contribution < -0.4 is 15.2 Å². The molecule has 0 aliphatic carbocycles. The van der Waals surface area contributed by atoms with Crippen molar-refractivity contribution in [2.75, 3.05) is 19.8 Å². The Morgan fingerprint density at radius 1 is 0.875 bits per heavy atom. The van der Waals surface area contributed by atoms with Crippen molar-refractivity contribution in [2.24, 2.45) is 5.73 Å². The molecule has 2 aromatic rings. The van der Waals surface area contributed by atoms with Crippen molar-refractivity contribution >= 4 is 0 Å². The molecule has 2 aromatic carbocycles. The lowest BCUT2D eigenvalue weighted by atomic mass is 9.92. The second-order valence-corrected chi connectivity index (χ2v) is 6.05. The minimum absolute atomic E-state index is 0.275. The van der Waals surface area contributed by atoms with Gasteiger partial charge in [0.15, 0.2) is 0 Å². The molecule has 0 aliphatic rings. The minimum Gasteiger partial charge on any atom is -0.494 e. The van der Waals surface area contributed by atoms with Gasteiger partial charge in [-0.15, -0.1) is 0 Å². The van der Waals surface area contributed by atoms with E-state index >= 15 is 0 Å². The van der Waals surface area contributed by atoms with Gasteiger partial charge in [0.25, 0.3) is 0 Å². The highest BCUT2D eigenvalue weighted by Gasteiger charge is 2.12. The third-order valence-corrected chi connectivity index (χ3v) is 3.94. The van der Waals surface area contributed by atoms with Crippen LogP contribution in [-0.2, 0) is 6.42 Å². The third kappa shape index (κ3) is 5.57. The van der Waals surface area contributed by atoms with Gasteiger partial charge < -0.3 is 15.2 Å². The monoisotopic (exact) mass is 327 g/mol. The molecule has 1 unspecified atom stereocenters. The van der Waals surface area contributed by atoms with Crippen LogP contribution in [0.5, 0.6) is 11.5 Å². The largest absolute Gasteiger partial charge is 0.494 e. The van der Waals surface area contributed by atoms with Gasteiger partial charge >= 0.3 is 0 Å². The van der Waals surface area contributed by atoms with E-state index < -0.39 is 0 Å². The number of hydrogen-bond acceptors (Lipinski definition) is 3. The molecular formula is C21H29NO2. The maximum Gasteiger partial charge on any atom is 0.119 e. The van der Waals surface area contributed by atoms with Gasteiger partial charge in [-0.1, -0.05) is 38.1 Å². The smallest absolute Gasteiger partial charge is 0.119 e. The summed E-state index contributed by atoms with van der Waals surface area (Å²) in [5.41, 5.74) is 8.53. The average Bonchev–Trinajstić information content (AvgIpc) is 2.63. The van der Waals surface area contributed by atoms with Crippen molar-refractivity contribution in [1.29, 1.82) is 0 Å². The summed E-state index contributed by atoms with van der Waals surface area (Å²) in [5, 5.41) is 0. The van der Waals surface area contributed by atoms with E-state index in [4.69, 9.17) is 15.2 Å². The van der Waals surface area contributed by atoms with Gasteiger partial charge in [-0.25, -0.2) is 0 Å². The van der Waals surface area contributed by atoms with Gasteiger partial charge in [-0.05, 0) is 61.2 Å². The van der Waals surface area contributed by atoms with Crippen LogP contribution in [-0.4, -0.2) is 19.8 Å². The normalized spacial score (nSPS) is 12.0. The molecule has 0 aliphatic heterocycles. The molecule has 0 amide bonds. The molecule has 130 valence electrons. The fourth-order valence-electron chi connectivity index (χ4n) is 2.68. The van der Waals surface area contributed by atoms with Crippen molar-refractivity contribution in [2.45, 2.75) is 39.0 Å². The highest BCUT2D eigenvalue weighted by atomic mass is 16.5. The molecule has 0 spiro atoms. The van der Waals surface area contributed by atoms with Crippen LogP contribution in [0.15, 0.2) is 48.5 Å². The Bertz CT molecular complexity index is 612. The second kappa shape index (κ2) is 9.99. The first-order valence-corrected chi connectivity index (χ1v) is 8.91. The highest BCUT2D eigenvalue weighted by Crippen LogP contribution is 2.25. The molecule has 0 heterocycles. The Morgan fingerprint density at radius 2 is 1.50 bits per heavy atom. The van der Waals surface area contributed by atoms with Crippen molar-refractivity contribution < 1.29 is 9.47 Å². The number of rotatable bonds is 10. The number of benzene rings is 2. The van der Waals surface area contributed by atoms with E-state index in [1.54, 1.807) is 0 Å². The van der Waals surface area contributed by atoms with Gasteiger partial charge in [-0.2, -0.15) is 0 Å². The van der Waals surface area contributed by atoms with Gasteiger partial charge in [0.05, 0.1) is 13.2 Å². The Labute approximate surface area is 145 Å². The van der Waals surface area contributed by atoms with E-state index in [2.05, 4.69) is 44.2 Å². The fourth-order valence-corrected chi connectivity index (χ4v) is 2.68. The molecule has 1 atom stereocenters. The summed E-state index contributed by atoms with van der Waals surface area (Å²) >= 11 is 0. The molecule has 0 aromatic heterocycles. The predicted octanol–water partition coefficient (Wildman–Crippen LogP) is 4.55. The van der Waals surface area contributed by atoms with E-state index in [9.17, 15) is 0 Å². The Balaban J connectivity index is 2.08. The fraction of sp³-hybridized carbons (Fsp3) is 0.429. The zero-order valence-corrected chi connectivity index (χ0v) is 14.8. The van der Waals surface area contributed by atoms with E-state index in [1.165, 1.54) is 11.1 Å². The first-order valence-electron chi connectivity index (χ1n) is 8.91. The van der Waals surface area contributed by atoms with Crippen molar-refractivity contribution in [3.05, 3.63) is 59.7 Å². The molecule has 3 heteroatoms. The van der Waals surface area contributed by atoms with Crippen LogP contribution in [0.3, 0.4) is 0 Å². The first kappa shape index (κ1) is 18.3. The Kier molecular flexibility index (Phi) is 7.63. The molecule has 0 fully saturated rings. The quantitative estimate of drug-likeness (QED) is 0.696. The zero-order chi connectivity index (χ0) is 17.2. The first-order chi connectivity index (χ1) is 11.8. The molecule has 0 saturated heterocycles. The summed E-state index contributed by atoms with van der Waals surface area (Å²) in [7, 11) is 0. The number of nitrogens with two attached hydrogens (primary N) is 1. The zero-order valence-electron chi connectivity index (χ0n) is 14.8. The molecule has 0 radical (unpaired) electrons. The molecular weight excluding hydrogens is 298 g/mol. The maximum atomic E-state index is 6.05. The topological polar surface area (TPSA) is 44.5 Å². The summed E-state index contributed by atoms with van der Waals surface area (Å²) in [6, 6.07) is 16.6. The average molecular weight is 327 g/mol. The third-order valence-electron chi connectivity index (χ3n) is 3.94. The van der Waals surface area contributed by atoms with Crippen LogP contribution >= 0.6 is 0 Å². The van der Waals surface area contributed by atoms with Crippen molar-refractivity contribution in [1.82, 2.24) is 0 Å². The van der Waals surface area contributed by atoms with Crippen molar-refractivity contribution in [3.8, 4) is 11.5 Å². The van der Waals surface area contributed by atoms with Crippen LogP contribution in [0.2, 0.25) is 0 Å². The van der Waals surface area contributed by atoms with Crippen LogP contribution in [0.25, 0.3) is 0 Å². The SMILES string of the molecule is CCCOc1cccc(CC(CN)c2cccc(OCCC)c2)c1. The predicted molar refractivity (Wildman–Crippen MR) is 100.0 cm³/mol. The summed E-state index contributed by atoms with van der Waals surface area (Å²) in [6.45, 7) is 6.33. The minimum atomic E-state index is 0.275. The second-order valence-electron chi connectivity index (χ2n) is 6.05. The summed E-state index contributed by atoms with van der Waals surface area (Å²) in [6.07, 6.45) is 2.92. The molecule has 2 N–H and O–H groups in total. The molecule has 24 heavy (non-hydrogen) atoms.